The maximum atomic E-state index is 10.2. The number of para-hydroxylation sites is 1. The molecular formula is C19H32NO2+. The molecule has 0 heterocycles. The fourth-order valence-electron chi connectivity index (χ4n) is 3.37. The minimum atomic E-state index is -0.408. The highest BCUT2D eigenvalue weighted by atomic mass is 16.5. The van der Waals surface area contributed by atoms with Crippen LogP contribution in [-0.2, 0) is 0 Å². The Balaban J connectivity index is 1.77. The normalized spacial score (nSPS) is 23.5. The molecule has 1 aromatic carbocycles. The predicted molar refractivity (Wildman–Crippen MR) is 90.2 cm³/mol. The Morgan fingerprint density at radius 1 is 1.23 bits per heavy atom. The van der Waals surface area contributed by atoms with E-state index in [0.717, 1.165) is 18.2 Å². The zero-order chi connectivity index (χ0) is 15.9. The van der Waals surface area contributed by atoms with Crippen molar-refractivity contribution in [1.29, 1.82) is 0 Å². The van der Waals surface area contributed by atoms with E-state index in [0.29, 0.717) is 18.6 Å². The number of hydrogen-bond donors (Lipinski definition) is 2. The molecule has 0 saturated heterocycles. The van der Waals surface area contributed by atoms with Gasteiger partial charge in [0.2, 0.25) is 0 Å². The highest BCUT2D eigenvalue weighted by Gasteiger charge is 2.24. The summed E-state index contributed by atoms with van der Waals surface area (Å²) in [5.74, 6) is 2.11. The number of hydrogen-bond acceptors (Lipinski definition) is 2. The molecule has 124 valence electrons. The van der Waals surface area contributed by atoms with Crippen molar-refractivity contribution in [3.8, 4) is 5.75 Å². The maximum absolute atomic E-state index is 10.2. The van der Waals surface area contributed by atoms with Crippen molar-refractivity contribution in [1.82, 2.24) is 0 Å². The number of aliphatic hydroxyl groups is 1. The van der Waals surface area contributed by atoms with Gasteiger partial charge in [0.25, 0.3) is 0 Å². The maximum Gasteiger partial charge on any atom is 0.137 e. The smallest absolute Gasteiger partial charge is 0.137 e. The van der Waals surface area contributed by atoms with Crippen LogP contribution in [0.5, 0.6) is 5.75 Å². The van der Waals surface area contributed by atoms with Crippen LogP contribution >= 0.6 is 0 Å². The van der Waals surface area contributed by atoms with E-state index in [2.05, 4.69) is 32.2 Å². The van der Waals surface area contributed by atoms with Crippen molar-refractivity contribution in [2.24, 2.45) is 5.92 Å². The van der Waals surface area contributed by atoms with Gasteiger partial charge in [0, 0.05) is 5.92 Å². The zero-order valence-corrected chi connectivity index (χ0v) is 14.3. The third-order valence-corrected chi connectivity index (χ3v) is 4.86. The summed E-state index contributed by atoms with van der Waals surface area (Å²) in [5.41, 5.74) is 1.21. The highest BCUT2D eigenvalue weighted by molar-refractivity contribution is 5.35. The highest BCUT2D eigenvalue weighted by Crippen LogP contribution is 2.25. The molecular weight excluding hydrogens is 274 g/mol. The van der Waals surface area contributed by atoms with Gasteiger partial charge >= 0.3 is 0 Å². The number of aliphatic hydroxyl groups excluding tert-OH is 1. The lowest BCUT2D eigenvalue weighted by Gasteiger charge is -2.27. The van der Waals surface area contributed by atoms with Crippen LogP contribution in [0.4, 0.5) is 0 Å². The lowest BCUT2D eigenvalue weighted by atomic mass is 9.86. The third kappa shape index (κ3) is 4.99. The third-order valence-electron chi connectivity index (χ3n) is 4.86. The standard InChI is InChI=1S/C19H31NO2/c1-14(2)17-9-5-7-11-19(17)22-13-16(21)12-20-18-10-6-4-8-15(18)3/h5,7,9,11,14-16,18,20-21H,4,6,8,10,12-13H2,1-3H3/p+1/t15-,16+,18-/m1/s1. The second-order valence-corrected chi connectivity index (χ2v) is 7.05. The molecule has 0 radical (unpaired) electrons. The van der Waals surface area contributed by atoms with Crippen molar-refractivity contribution < 1.29 is 15.2 Å². The van der Waals surface area contributed by atoms with Crippen molar-refractivity contribution >= 4 is 0 Å². The fourth-order valence-corrected chi connectivity index (χ4v) is 3.37. The molecule has 1 aliphatic rings. The van der Waals surface area contributed by atoms with E-state index < -0.39 is 6.10 Å². The number of benzene rings is 1. The predicted octanol–water partition coefficient (Wildman–Crippen LogP) is 2.69. The lowest BCUT2D eigenvalue weighted by molar-refractivity contribution is -0.703. The first-order chi connectivity index (χ1) is 10.6. The number of rotatable bonds is 7. The molecule has 1 aromatic rings. The summed E-state index contributed by atoms with van der Waals surface area (Å²) in [6.45, 7) is 7.77. The zero-order valence-electron chi connectivity index (χ0n) is 14.3. The summed E-state index contributed by atoms with van der Waals surface area (Å²) in [6, 6.07) is 8.80. The average molecular weight is 306 g/mol. The molecule has 1 fully saturated rings. The second kappa shape index (κ2) is 8.54. The van der Waals surface area contributed by atoms with Gasteiger partial charge in [0.15, 0.2) is 0 Å². The molecule has 22 heavy (non-hydrogen) atoms. The van der Waals surface area contributed by atoms with E-state index in [1.54, 1.807) is 0 Å². The quantitative estimate of drug-likeness (QED) is 0.813. The summed E-state index contributed by atoms with van der Waals surface area (Å²) >= 11 is 0. The van der Waals surface area contributed by atoms with Gasteiger partial charge in [-0.3, -0.25) is 0 Å². The van der Waals surface area contributed by atoms with Gasteiger partial charge in [-0.25, -0.2) is 0 Å². The molecule has 0 bridgehead atoms. The van der Waals surface area contributed by atoms with Crippen molar-refractivity contribution in [2.45, 2.75) is 64.5 Å². The summed E-state index contributed by atoms with van der Waals surface area (Å²) in [7, 11) is 0. The summed E-state index contributed by atoms with van der Waals surface area (Å²) in [5, 5.41) is 12.5. The topological polar surface area (TPSA) is 46.1 Å². The molecule has 0 aliphatic heterocycles. The number of quaternary nitrogens is 1. The van der Waals surface area contributed by atoms with Gasteiger partial charge < -0.3 is 15.2 Å². The van der Waals surface area contributed by atoms with Crippen LogP contribution in [-0.4, -0.2) is 30.4 Å². The van der Waals surface area contributed by atoms with Gasteiger partial charge in [0.05, 0.1) is 6.04 Å². The van der Waals surface area contributed by atoms with Crippen molar-refractivity contribution in [3.05, 3.63) is 29.8 Å². The number of nitrogens with two attached hydrogens (primary N) is 1. The first-order valence-corrected chi connectivity index (χ1v) is 8.81. The molecule has 3 nitrogen and oxygen atoms in total. The van der Waals surface area contributed by atoms with Crippen LogP contribution in [0.15, 0.2) is 24.3 Å². The van der Waals surface area contributed by atoms with Gasteiger partial charge in [-0.2, -0.15) is 0 Å². The first-order valence-electron chi connectivity index (χ1n) is 8.81. The molecule has 3 heteroatoms. The van der Waals surface area contributed by atoms with E-state index >= 15 is 0 Å². The molecule has 2 rings (SSSR count). The Labute approximate surface area is 135 Å². The van der Waals surface area contributed by atoms with Crippen molar-refractivity contribution in [3.63, 3.8) is 0 Å². The summed E-state index contributed by atoms with van der Waals surface area (Å²) < 4.78 is 5.86. The largest absolute Gasteiger partial charge is 0.490 e. The van der Waals surface area contributed by atoms with E-state index in [-0.39, 0.29) is 0 Å². The Kier molecular flexibility index (Phi) is 6.71. The summed E-state index contributed by atoms with van der Waals surface area (Å²) in [4.78, 5) is 0. The molecule has 3 atom stereocenters. The number of ether oxygens (including phenoxy) is 1. The Bertz CT molecular complexity index is 447. The van der Waals surface area contributed by atoms with Gasteiger partial charge in [-0.15, -0.1) is 0 Å². The van der Waals surface area contributed by atoms with Crippen molar-refractivity contribution in [2.75, 3.05) is 13.2 Å². The Hall–Kier alpha value is -1.06. The van der Waals surface area contributed by atoms with Crippen LogP contribution in [0.3, 0.4) is 0 Å². The molecule has 0 unspecified atom stereocenters. The Morgan fingerprint density at radius 2 is 1.95 bits per heavy atom. The molecule has 0 aromatic heterocycles. The van der Waals surface area contributed by atoms with E-state index in [9.17, 15) is 5.11 Å². The van der Waals surface area contributed by atoms with Crippen LogP contribution in [0, 0.1) is 5.92 Å². The van der Waals surface area contributed by atoms with Crippen LogP contribution < -0.4 is 10.1 Å². The van der Waals surface area contributed by atoms with Gasteiger partial charge in [-0.1, -0.05) is 45.4 Å². The van der Waals surface area contributed by atoms with Gasteiger partial charge in [-0.05, 0) is 36.8 Å². The Morgan fingerprint density at radius 3 is 2.68 bits per heavy atom. The molecule has 0 amide bonds. The molecule has 0 spiro atoms. The van der Waals surface area contributed by atoms with E-state index in [4.69, 9.17) is 4.74 Å². The second-order valence-electron chi connectivity index (χ2n) is 7.05. The monoisotopic (exact) mass is 306 g/mol. The van der Waals surface area contributed by atoms with Crippen LogP contribution in [0.25, 0.3) is 0 Å². The summed E-state index contributed by atoms with van der Waals surface area (Å²) in [6.07, 6.45) is 4.90. The SMILES string of the molecule is CC(C)c1ccccc1OC[C@@H](O)C[NH2+][C@@H]1CCCC[C@H]1C. The molecule has 1 aliphatic carbocycles. The minimum absolute atomic E-state index is 0.376. The van der Waals surface area contributed by atoms with E-state index in [1.165, 1.54) is 31.2 Å². The fraction of sp³-hybridized carbons (Fsp3) is 0.684. The van der Waals surface area contributed by atoms with Crippen LogP contribution in [0.2, 0.25) is 0 Å². The first kappa shape index (κ1) is 17.3. The lowest BCUT2D eigenvalue weighted by Crippen LogP contribution is -2.93. The molecule has 1 saturated carbocycles. The van der Waals surface area contributed by atoms with E-state index in [1.807, 2.05) is 18.2 Å². The minimum Gasteiger partial charge on any atom is -0.490 e. The van der Waals surface area contributed by atoms with Gasteiger partial charge in [0.1, 0.15) is 25.0 Å². The average Bonchev–Trinajstić information content (AvgIpc) is 2.52. The molecule has 3 N–H and O–H groups in total. The van der Waals surface area contributed by atoms with Crippen LogP contribution in [0.1, 0.15) is 57.9 Å².